The highest BCUT2D eigenvalue weighted by molar-refractivity contribution is 7.47. The minimum atomic E-state index is -4.79. The van der Waals surface area contributed by atoms with Crippen LogP contribution in [-0.4, -0.2) is 65.7 Å². The lowest BCUT2D eigenvalue weighted by molar-refractivity contribution is -0.161. The first-order valence-electron chi connectivity index (χ1n) is 21.9. The first-order chi connectivity index (χ1) is 28.5. The van der Waals surface area contributed by atoms with Crippen LogP contribution in [0, 0.1) is 0 Å². The summed E-state index contributed by atoms with van der Waals surface area (Å²) in [5, 5.41) is 8.88. The monoisotopic (exact) mass is 850 g/mol. The average Bonchev–Trinajstić information content (AvgIpc) is 3.20. The van der Waals surface area contributed by atoms with E-state index in [1.807, 2.05) is 6.08 Å². The van der Waals surface area contributed by atoms with Gasteiger partial charge in [0.05, 0.1) is 13.2 Å². The molecule has 0 fully saturated rings. The molecule has 0 saturated carbocycles. The Kier molecular flexibility index (Phi) is 37.7. The molecule has 59 heavy (non-hydrogen) atoms. The van der Waals surface area contributed by atoms with E-state index in [0.717, 1.165) is 64.2 Å². The highest BCUT2D eigenvalue weighted by Gasteiger charge is 2.28. The number of esters is 2. The van der Waals surface area contributed by atoms with Crippen LogP contribution in [0.25, 0.3) is 0 Å². The van der Waals surface area contributed by atoms with Crippen LogP contribution in [0.15, 0.2) is 72.9 Å². The standard InChI is InChI=1S/C46H76NO11P/c1-3-5-7-9-11-13-15-17-18-19-20-22-24-26-28-30-32-36-44(49)55-38-42(39-56-59(53,54)57-40-43(47)46(51)52)58-45(50)37-33-35-41(48)34-31-29-27-25-23-21-16-14-12-10-8-6-4-2/h11-14,17-18,21,23,27,29,31,34,42-43H,3-10,15-16,19-20,22,24-26,28,30,32-33,35-40,47H2,1-2H3,(H,51,52)(H,53,54)/b13-11-,14-12-,18-17-,23-21-,29-27-,34-31+/t42-,43+/m1/s1. The van der Waals surface area contributed by atoms with E-state index in [9.17, 15) is 28.6 Å². The van der Waals surface area contributed by atoms with Crippen molar-refractivity contribution < 1.29 is 52.3 Å². The fraction of sp³-hybridized carbons (Fsp3) is 0.652. The van der Waals surface area contributed by atoms with E-state index >= 15 is 0 Å². The van der Waals surface area contributed by atoms with Crippen molar-refractivity contribution in [1.82, 2.24) is 0 Å². The topological polar surface area (TPSA) is 189 Å². The maximum atomic E-state index is 12.6. The van der Waals surface area contributed by atoms with Gasteiger partial charge in [0.25, 0.3) is 0 Å². The van der Waals surface area contributed by atoms with Crippen molar-refractivity contribution in [2.24, 2.45) is 5.73 Å². The molecule has 0 bridgehead atoms. The minimum Gasteiger partial charge on any atom is -0.480 e. The molecule has 4 N–H and O–H groups in total. The number of phosphoric ester groups is 1. The summed E-state index contributed by atoms with van der Waals surface area (Å²) in [6.45, 7) is 2.48. The Morgan fingerprint density at radius 2 is 1.07 bits per heavy atom. The Bertz CT molecular complexity index is 1340. The fourth-order valence-electron chi connectivity index (χ4n) is 5.40. The summed E-state index contributed by atoms with van der Waals surface area (Å²) in [6, 6.07) is -1.56. The van der Waals surface area contributed by atoms with Crippen molar-refractivity contribution in [1.29, 1.82) is 0 Å². The fourth-order valence-corrected chi connectivity index (χ4v) is 6.18. The number of carboxylic acids is 1. The van der Waals surface area contributed by atoms with Crippen molar-refractivity contribution in [3.05, 3.63) is 72.9 Å². The first-order valence-corrected chi connectivity index (χ1v) is 23.4. The van der Waals surface area contributed by atoms with Crippen LogP contribution in [0.5, 0.6) is 0 Å². The largest absolute Gasteiger partial charge is 0.480 e. The van der Waals surface area contributed by atoms with E-state index in [4.69, 9.17) is 24.8 Å². The molecule has 0 aromatic heterocycles. The second kappa shape index (κ2) is 40.0. The van der Waals surface area contributed by atoms with Crippen molar-refractivity contribution in [3.8, 4) is 0 Å². The van der Waals surface area contributed by atoms with Crippen LogP contribution in [-0.2, 0) is 42.3 Å². The van der Waals surface area contributed by atoms with Gasteiger partial charge in [-0.3, -0.25) is 28.2 Å². The van der Waals surface area contributed by atoms with Crippen LogP contribution in [0.3, 0.4) is 0 Å². The van der Waals surface area contributed by atoms with Gasteiger partial charge >= 0.3 is 25.7 Å². The molecule has 0 spiro atoms. The van der Waals surface area contributed by atoms with E-state index < -0.39 is 57.7 Å². The summed E-state index contributed by atoms with van der Waals surface area (Å²) in [5.74, 6) is -2.85. The molecule has 0 aliphatic carbocycles. The normalized spacial score (nSPS) is 14.3. The summed E-state index contributed by atoms with van der Waals surface area (Å²) >= 11 is 0. The molecule has 0 radical (unpaired) electrons. The molecule has 0 rings (SSSR count). The zero-order chi connectivity index (χ0) is 43.7. The predicted octanol–water partition coefficient (Wildman–Crippen LogP) is 10.9. The summed E-state index contributed by atoms with van der Waals surface area (Å²) in [7, 11) is -4.79. The maximum Gasteiger partial charge on any atom is 0.472 e. The van der Waals surface area contributed by atoms with E-state index in [1.165, 1.54) is 57.4 Å². The summed E-state index contributed by atoms with van der Waals surface area (Å²) in [4.78, 5) is 58.2. The number of nitrogens with two attached hydrogens (primary N) is 1. The second-order valence-electron chi connectivity index (χ2n) is 14.5. The van der Waals surface area contributed by atoms with E-state index in [0.29, 0.717) is 6.42 Å². The number of ether oxygens (including phenoxy) is 2. The van der Waals surface area contributed by atoms with Gasteiger partial charge < -0.3 is 25.2 Å². The Balaban J connectivity index is 4.58. The number of carboxylic acid groups (broad SMARTS) is 1. The van der Waals surface area contributed by atoms with Gasteiger partial charge in [-0.15, -0.1) is 0 Å². The molecule has 336 valence electrons. The molecule has 0 aromatic rings. The van der Waals surface area contributed by atoms with Gasteiger partial charge in [0.2, 0.25) is 0 Å². The number of carbonyl (C=O) groups excluding carboxylic acids is 3. The van der Waals surface area contributed by atoms with Gasteiger partial charge in [-0.2, -0.15) is 0 Å². The van der Waals surface area contributed by atoms with Gasteiger partial charge in [-0.25, -0.2) is 4.57 Å². The molecule has 0 amide bonds. The third kappa shape index (κ3) is 39.8. The summed E-state index contributed by atoms with van der Waals surface area (Å²) < 4.78 is 32.5. The second-order valence-corrected chi connectivity index (χ2v) is 16.0. The number of allylic oxidation sites excluding steroid dienone is 12. The molecule has 0 aromatic carbocycles. The molecular formula is C46H76NO11P. The zero-order valence-electron chi connectivity index (χ0n) is 36.1. The van der Waals surface area contributed by atoms with Gasteiger partial charge in [-0.1, -0.05) is 138 Å². The quantitative estimate of drug-likeness (QED) is 0.0132. The van der Waals surface area contributed by atoms with Crippen LogP contribution < -0.4 is 5.73 Å². The number of phosphoric acid groups is 1. The number of ketones is 1. The molecule has 12 nitrogen and oxygen atoms in total. The molecule has 0 saturated heterocycles. The third-order valence-electron chi connectivity index (χ3n) is 8.90. The van der Waals surface area contributed by atoms with Crippen molar-refractivity contribution >= 4 is 31.5 Å². The lowest BCUT2D eigenvalue weighted by Crippen LogP contribution is -2.34. The molecule has 13 heteroatoms. The molecular weight excluding hydrogens is 773 g/mol. The number of aliphatic carboxylic acids is 1. The number of hydrogen-bond donors (Lipinski definition) is 3. The minimum absolute atomic E-state index is 0.0955. The highest BCUT2D eigenvalue weighted by Crippen LogP contribution is 2.43. The number of unbranched alkanes of at least 4 members (excludes halogenated alkanes) is 13. The van der Waals surface area contributed by atoms with Crippen LogP contribution in [0.4, 0.5) is 0 Å². The Morgan fingerprint density at radius 1 is 0.576 bits per heavy atom. The number of rotatable bonds is 40. The molecule has 3 atom stereocenters. The van der Waals surface area contributed by atoms with Gasteiger partial charge in [-0.05, 0) is 76.7 Å². The maximum absolute atomic E-state index is 12.6. The SMILES string of the molecule is CCCCC/C=C\C/C=C\C/C=C\C=C\C(=O)CCCC(=O)O[C@H](COC(=O)CCCCCCCCC/C=C\C/C=C\CCCCC)COP(=O)(O)OC[C@H](N)C(=O)O. The molecule has 0 aliphatic rings. The van der Waals surface area contributed by atoms with Gasteiger partial charge in [0.15, 0.2) is 11.9 Å². The van der Waals surface area contributed by atoms with Crippen molar-refractivity contribution in [2.75, 3.05) is 19.8 Å². The first kappa shape index (κ1) is 55.6. The number of hydrogen-bond acceptors (Lipinski definition) is 10. The molecule has 0 heterocycles. The predicted molar refractivity (Wildman–Crippen MR) is 236 cm³/mol. The van der Waals surface area contributed by atoms with Crippen LogP contribution in [0.2, 0.25) is 0 Å². The van der Waals surface area contributed by atoms with Crippen molar-refractivity contribution in [2.45, 2.75) is 174 Å². The zero-order valence-corrected chi connectivity index (χ0v) is 37.0. The average molecular weight is 850 g/mol. The van der Waals surface area contributed by atoms with Crippen LogP contribution >= 0.6 is 7.82 Å². The van der Waals surface area contributed by atoms with Gasteiger partial charge in [0, 0.05) is 19.3 Å². The van der Waals surface area contributed by atoms with E-state index in [1.54, 1.807) is 12.2 Å². The Labute approximate surface area is 355 Å². The smallest absolute Gasteiger partial charge is 0.472 e. The highest BCUT2D eigenvalue weighted by atomic mass is 31.2. The van der Waals surface area contributed by atoms with Crippen LogP contribution in [0.1, 0.15) is 162 Å². The Morgan fingerprint density at radius 3 is 1.64 bits per heavy atom. The van der Waals surface area contributed by atoms with E-state index in [-0.39, 0.29) is 31.5 Å². The third-order valence-corrected chi connectivity index (χ3v) is 9.85. The lowest BCUT2D eigenvalue weighted by Gasteiger charge is -2.20. The number of carbonyl (C=O) groups is 4. The molecule has 0 aliphatic heterocycles. The Hall–Kier alpha value is -3.41. The lowest BCUT2D eigenvalue weighted by atomic mass is 10.1. The summed E-state index contributed by atoms with van der Waals surface area (Å²) in [5.41, 5.74) is 5.31. The van der Waals surface area contributed by atoms with E-state index in [2.05, 4.69) is 67.0 Å². The van der Waals surface area contributed by atoms with Gasteiger partial charge in [0.1, 0.15) is 12.6 Å². The molecule has 1 unspecified atom stereocenters. The van der Waals surface area contributed by atoms with Crippen molar-refractivity contribution in [3.63, 3.8) is 0 Å². The summed E-state index contributed by atoms with van der Waals surface area (Å²) in [6.07, 6.45) is 44.0.